The van der Waals surface area contributed by atoms with E-state index in [0.29, 0.717) is 15.2 Å². The fraction of sp³-hybridized carbons (Fsp3) is 0.444. The molecule has 0 unspecified atom stereocenters. The van der Waals surface area contributed by atoms with Crippen molar-refractivity contribution in [3.05, 3.63) is 15.7 Å². The molecule has 1 rings (SSSR count). The van der Waals surface area contributed by atoms with E-state index in [-0.39, 0.29) is 5.92 Å². The lowest BCUT2D eigenvalue weighted by atomic mass is 10.2. The predicted octanol–water partition coefficient (Wildman–Crippen LogP) is 2.11. The Morgan fingerprint density at radius 2 is 2.33 bits per heavy atom. The SMILES string of the molecule is CC(C)c1ncc(NC(=O)CF)c(I)n1. The molecule has 0 bridgehead atoms. The molecule has 0 atom stereocenters. The molecule has 0 spiro atoms. The van der Waals surface area contributed by atoms with Gasteiger partial charge in [0, 0.05) is 5.92 Å². The van der Waals surface area contributed by atoms with Gasteiger partial charge >= 0.3 is 0 Å². The van der Waals surface area contributed by atoms with Gasteiger partial charge in [-0.05, 0) is 22.6 Å². The van der Waals surface area contributed by atoms with Crippen molar-refractivity contribution in [3.63, 3.8) is 0 Å². The normalized spacial score (nSPS) is 10.5. The van der Waals surface area contributed by atoms with Crippen LogP contribution in [0.25, 0.3) is 0 Å². The van der Waals surface area contributed by atoms with E-state index in [1.54, 1.807) is 0 Å². The Balaban J connectivity index is 2.88. The molecule has 15 heavy (non-hydrogen) atoms. The Morgan fingerprint density at radius 3 is 2.80 bits per heavy atom. The van der Waals surface area contributed by atoms with Crippen molar-refractivity contribution in [2.24, 2.45) is 0 Å². The van der Waals surface area contributed by atoms with Gasteiger partial charge in [-0.1, -0.05) is 13.8 Å². The lowest BCUT2D eigenvalue weighted by molar-refractivity contribution is -0.117. The predicted molar refractivity (Wildman–Crippen MR) is 63.4 cm³/mol. The van der Waals surface area contributed by atoms with Gasteiger partial charge in [-0.3, -0.25) is 4.79 Å². The summed E-state index contributed by atoms with van der Waals surface area (Å²) in [6.45, 7) is 2.92. The summed E-state index contributed by atoms with van der Waals surface area (Å²) in [4.78, 5) is 19.1. The van der Waals surface area contributed by atoms with Crippen LogP contribution in [0.4, 0.5) is 10.1 Å². The number of halogens is 2. The Hall–Kier alpha value is -0.790. The van der Waals surface area contributed by atoms with Crippen molar-refractivity contribution in [2.75, 3.05) is 12.0 Å². The monoisotopic (exact) mass is 323 g/mol. The molecule has 0 saturated carbocycles. The first-order valence-corrected chi connectivity index (χ1v) is 5.50. The second kappa shape index (κ2) is 5.34. The van der Waals surface area contributed by atoms with E-state index in [0.717, 1.165) is 0 Å². The van der Waals surface area contributed by atoms with Crippen LogP contribution < -0.4 is 5.32 Å². The van der Waals surface area contributed by atoms with Crippen LogP contribution >= 0.6 is 22.6 Å². The molecular formula is C9H11FIN3O. The zero-order chi connectivity index (χ0) is 11.4. The number of hydrogen-bond donors (Lipinski definition) is 1. The molecule has 0 aromatic carbocycles. The maximum absolute atomic E-state index is 12.0. The maximum atomic E-state index is 12.0. The number of anilines is 1. The minimum absolute atomic E-state index is 0.226. The Kier molecular flexibility index (Phi) is 4.37. The van der Waals surface area contributed by atoms with E-state index in [1.165, 1.54) is 6.20 Å². The van der Waals surface area contributed by atoms with Gasteiger partial charge in [0.25, 0.3) is 5.91 Å². The van der Waals surface area contributed by atoms with Gasteiger partial charge in [0.15, 0.2) is 6.67 Å². The van der Waals surface area contributed by atoms with Crippen LogP contribution in [0.3, 0.4) is 0 Å². The highest BCUT2D eigenvalue weighted by molar-refractivity contribution is 14.1. The largest absolute Gasteiger partial charge is 0.320 e. The fourth-order valence-electron chi connectivity index (χ4n) is 0.919. The number of rotatable bonds is 3. The highest BCUT2D eigenvalue weighted by Crippen LogP contribution is 2.17. The Bertz CT molecular complexity index is 370. The maximum Gasteiger partial charge on any atom is 0.255 e. The van der Waals surface area contributed by atoms with Crippen molar-refractivity contribution in [1.29, 1.82) is 0 Å². The van der Waals surface area contributed by atoms with Gasteiger partial charge in [0.1, 0.15) is 9.53 Å². The first-order chi connectivity index (χ1) is 7.04. The molecule has 0 fully saturated rings. The fourth-order valence-corrected chi connectivity index (χ4v) is 1.44. The Labute approximate surface area is 101 Å². The van der Waals surface area contributed by atoms with Gasteiger partial charge in [0.2, 0.25) is 0 Å². The molecule has 0 aliphatic carbocycles. The van der Waals surface area contributed by atoms with Crippen molar-refractivity contribution < 1.29 is 9.18 Å². The molecule has 0 aliphatic heterocycles. The van der Waals surface area contributed by atoms with Crippen LogP contribution in [0.2, 0.25) is 0 Å². The smallest absolute Gasteiger partial charge is 0.255 e. The standard InChI is InChI=1S/C9H11FIN3O/c1-5(2)9-12-4-6(8(11)14-9)13-7(15)3-10/h4-5H,3H2,1-2H3,(H,13,15). The van der Waals surface area contributed by atoms with Crippen molar-refractivity contribution in [1.82, 2.24) is 9.97 Å². The summed E-state index contributed by atoms with van der Waals surface area (Å²) in [5.74, 6) is 0.246. The molecule has 1 N–H and O–H groups in total. The summed E-state index contributed by atoms with van der Waals surface area (Å²) >= 11 is 1.98. The van der Waals surface area contributed by atoms with Crippen LogP contribution in [0.1, 0.15) is 25.6 Å². The van der Waals surface area contributed by atoms with Crippen LogP contribution in [-0.2, 0) is 4.79 Å². The molecule has 0 aliphatic rings. The number of nitrogens with one attached hydrogen (secondary N) is 1. The molecule has 0 radical (unpaired) electrons. The third-order valence-corrected chi connectivity index (χ3v) is 2.50. The Morgan fingerprint density at radius 1 is 1.67 bits per heavy atom. The number of hydrogen-bond acceptors (Lipinski definition) is 3. The van der Waals surface area contributed by atoms with Crippen LogP contribution in [-0.4, -0.2) is 22.5 Å². The quantitative estimate of drug-likeness (QED) is 0.685. The highest BCUT2D eigenvalue weighted by Gasteiger charge is 2.09. The molecular weight excluding hydrogens is 312 g/mol. The molecule has 1 aromatic heterocycles. The number of aromatic nitrogens is 2. The third-order valence-electron chi connectivity index (χ3n) is 1.67. The van der Waals surface area contributed by atoms with Crippen molar-refractivity contribution in [3.8, 4) is 0 Å². The van der Waals surface area contributed by atoms with E-state index in [9.17, 15) is 9.18 Å². The first kappa shape index (κ1) is 12.3. The molecule has 1 heterocycles. The molecule has 1 amide bonds. The average molecular weight is 323 g/mol. The summed E-state index contributed by atoms with van der Waals surface area (Å²) in [6.07, 6.45) is 1.50. The number of carbonyl (C=O) groups is 1. The number of carbonyl (C=O) groups excluding carboxylic acids is 1. The molecule has 6 heteroatoms. The van der Waals surface area contributed by atoms with Gasteiger partial charge in [-0.25, -0.2) is 14.4 Å². The van der Waals surface area contributed by atoms with E-state index < -0.39 is 12.6 Å². The van der Waals surface area contributed by atoms with Gasteiger partial charge in [-0.2, -0.15) is 0 Å². The van der Waals surface area contributed by atoms with E-state index >= 15 is 0 Å². The van der Waals surface area contributed by atoms with Crippen molar-refractivity contribution in [2.45, 2.75) is 19.8 Å². The zero-order valence-electron chi connectivity index (χ0n) is 8.42. The summed E-state index contributed by atoms with van der Waals surface area (Å²) < 4.78 is 12.6. The zero-order valence-corrected chi connectivity index (χ0v) is 10.6. The number of nitrogens with zero attached hydrogens (tertiary/aromatic N) is 2. The average Bonchev–Trinajstić information content (AvgIpc) is 2.20. The topological polar surface area (TPSA) is 54.9 Å². The van der Waals surface area contributed by atoms with Crippen LogP contribution in [0.15, 0.2) is 6.20 Å². The van der Waals surface area contributed by atoms with Crippen LogP contribution in [0.5, 0.6) is 0 Å². The molecule has 0 saturated heterocycles. The molecule has 4 nitrogen and oxygen atoms in total. The molecule has 1 aromatic rings. The lowest BCUT2D eigenvalue weighted by Gasteiger charge is -2.07. The van der Waals surface area contributed by atoms with Crippen molar-refractivity contribution >= 4 is 34.2 Å². The number of amides is 1. The second-order valence-corrected chi connectivity index (χ2v) is 4.29. The van der Waals surface area contributed by atoms with E-state index in [1.807, 2.05) is 36.4 Å². The summed E-state index contributed by atoms with van der Waals surface area (Å²) in [5.41, 5.74) is 0.447. The third kappa shape index (κ3) is 3.37. The summed E-state index contributed by atoms with van der Waals surface area (Å²) in [6, 6.07) is 0. The highest BCUT2D eigenvalue weighted by atomic mass is 127. The summed E-state index contributed by atoms with van der Waals surface area (Å²) in [7, 11) is 0. The van der Waals surface area contributed by atoms with Gasteiger partial charge < -0.3 is 5.32 Å². The molecule has 82 valence electrons. The summed E-state index contributed by atoms with van der Waals surface area (Å²) in [5, 5.41) is 2.38. The minimum Gasteiger partial charge on any atom is -0.320 e. The minimum atomic E-state index is -1.04. The lowest BCUT2D eigenvalue weighted by Crippen LogP contribution is -2.15. The van der Waals surface area contributed by atoms with Gasteiger partial charge in [0.05, 0.1) is 11.9 Å². The first-order valence-electron chi connectivity index (χ1n) is 4.42. The second-order valence-electron chi connectivity index (χ2n) is 3.27. The van der Waals surface area contributed by atoms with Crippen LogP contribution in [0, 0.1) is 3.70 Å². The number of alkyl halides is 1. The van der Waals surface area contributed by atoms with E-state index in [2.05, 4.69) is 15.3 Å². The van der Waals surface area contributed by atoms with E-state index in [4.69, 9.17) is 0 Å². The van der Waals surface area contributed by atoms with Gasteiger partial charge in [-0.15, -0.1) is 0 Å².